The van der Waals surface area contributed by atoms with Crippen LogP contribution in [0.2, 0.25) is 0 Å². The zero-order valence-corrected chi connectivity index (χ0v) is 19.4. The van der Waals surface area contributed by atoms with E-state index in [1.807, 2.05) is 6.92 Å². The smallest absolute Gasteiger partial charge is 0.303 e. The van der Waals surface area contributed by atoms with Crippen LogP contribution in [0.4, 0.5) is 0 Å². The average molecular weight is 447 g/mol. The fourth-order valence-corrected chi connectivity index (χ4v) is 7.65. The Hall–Kier alpha value is -2.02. The summed E-state index contributed by atoms with van der Waals surface area (Å²) in [6, 6.07) is 0. The van der Waals surface area contributed by atoms with Gasteiger partial charge in [-0.25, -0.2) is 0 Å². The van der Waals surface area contributed by atoms with E-state index in [1.165, 1.54) is 13.8 Å². The van der Waals surface area contributed by atoms with E-state index in [2.05, 4.69) is 6.92 Å². The summed E-state index contributed by atoms with van der Waals surface area (Å²) < 4.78 is 10.6. The van der Waals surface area contributed by atoms with Crippen molar-refractivity contribution in [2.24, 2.45) is 28.6 Å². The molecule has 0 radical (unpaired) electrons. The van der Waals surface area contributed by atoms with Crippen molar-refractivity contribution in [1.82, 2.24) is 0 Å². The minimum atomic E-state index is -1.53. The monoisotopic (exact) mass is 446 g/mol. The van der Waals surface area contributed by atoms with E-state index in [0.29, 0.717) is 38.0 Å². The van der Waals surface area contributed by atoms with Crippen LogP contribution in [0.1, 0.15) is 72.6 Å². The van der Waals surface area contributed by atoms with Crippen LogP contribution in [-0.4, -0.2) is 46.9 Å². The minimum absolute atomic E-state index is 0.0834. The topological polar surface area (TPSA) is 107 Å². The van der Waals surface area contributed by atoms with Crippen LogP contribution >= 0.6 is 0 Å². The summed E-state index contributed by atoms with van der Waals surface area (Å²) in [6.07, 6.45) is 5.64. The number of fused-ring (bicyclic) bond motifs is 5. The van der Waals surface area contributed by atoms with Crippen LogP contribution in [0.5, 0.6) is 0 Å². The highest BCUT2D eigenvalue weighted by molar-refractivity contribution is 5.92. The predicted octanol–water partition coefficient (Wildman–Crippen LogP) is 2.92. The molecule has 0 aromatic rings. The molecule has 0 amide bonds. The van der Waals surface area contributed by atoms with Gasteiger partial charge in [0.05, 0.1) is 0 Å². The summed E-state index contributed by atoms with van der Waals surface area (Å²) >= 11 is 0. The lowest BCUT2D eigenvalue weighted by Gasteiger charge is -2.60. The zero-order chi connectivity index (χ0) is 23.5. The van der Waals surface area contributed by atoms with Gasteiger partial charge in [0.25, 0.3) is 0 Å². The van der Waals surface area contributed by atoms with Gasteiger partial charge in [-0.2, -0.15) is 0 Å². The van der Waals surface area contributed by atoms with Crippen molar-refractivity contribution < 1.29 is 33.8 Å². The largest absolute Gasteiger partial charge is 0.458 e. The van der Waals surface area contributed by atoms with Crippen molar-refractivity contribution in [2.45, 2.75) is 84.3 Å². The number of carbonyl (C=O) groups excluding carboxylic acids is 4. The molecule has 3 saturated carbocycles. The van der Waals surface area contributed by atoms with Crippen LogP contribution in [0.25, 0.3) is 0 Å². The second-order valence-corrected chi connectivity index (χ2v) is 10.8. The zero-order valence-electron chi connectivity index (χ0n) is 19.4. The fraction of sp³-hybridized carbons (Fsp3) is 0.760. The standard InChI is InChI=1S/C25H34O7/c1-14(26)31-13-22(29)25(30)10-7-19-17-12-21(32-15(2)27)20-11-16(28)5-8-23(20,3)18(17)6-9-24(19,25)4/h11,17-19,21,30H,5-10,12-13H2,1-4H3/t17-,18+,19+,21+,23+,24+,25+/m0/s1. The molecule has 7 atom stereocenters. The molecule has 3 fully saturated rings. The van der Waals surface area contributed by atoms with Crippen LogP contribution < -0.4 is 0 Å². The third-order valence-corrected chi connectivity index (χ3v) is 9.28. The normalized spacial score (nSPS) is 42.8. The number of Topliss-reactive ketones (excluding diaryl/α,β-unsaturated/α-hetero) is 1. The summed E-state index contributed by atoms with van der Waals surface area (Å²) in [7, 11) is 0. The minimum Gasteiger partial charge on any atom is -0.458 e. The number of ether oxygens (including phenoxy) is 2. The Morgan fingerprint density at radius 1 is 1.06 bits per heavy atom. The van der Waals surface area contributed by atoms with Gasteiger partial charge in [-0.05, 0) is 73.3 Å². The Kier molecular flexibility index (Phi) is 5.63. The predicted molar refractivity (Wildman–Crippen MR) is 114 cm³/mol. The number of ketones is 2. The Morgan fingerprint density at radius 2 is 1.75 bits per heavy atom. The highest BCUT2D eigenvalue weighted by Gasteiger charge is 2.67. The molecule has 4 aliphatic carbocycles. The van der Waals surface area contributed by atoms with Gasteiger partial charge in [0.2, 0.25) is 5.78 Å². The first-order chi connectivity index (χ1) is 14.9. The third-order valence-electron chi connectivity index (χ3n) is 9.28. The van der Waals surface area contributed by atoms with E-state index < -0.39 is 35.5 Å². The maximum Gasteiger partial charge on any atom is 0.303 e. The average Bonchev–Trinajstić information content (AvgIpc) is 2.99. The van der Waals surface area contributed by atoms with Gasteiger partial charge in [0, 0.05) is 25.7 Å². The lowest BCUT2D eigenvalue weighted by molar-refractivity contribution is -0.173. The van der Waals surface area contributed by atoms with Gasteiger partial charge in [-0.1, -0.05) is 13.8 Å². The van der Waals surface area contributed by atoms with Gasteiger partial charge in [-0.3, -0.25) is 19.2 Å². The van der Waals surface area contributed by atoms with Crippen molar-refractivity contribution in [3.63, 3.8) is 0 Å². The van der Waals surface area contributed by atoms with Crippen molar-refractivity contribution in [3.8, 4) is 0 Å². The number of esters is 2. The molecular formula is C25H34O7. The van der Waals surface area contributed by atoms with E-state index in [-0.39, 0.29) is 29.0 Å². The van der Waals surface area contributed by atoms with Crippen molar-refractivity contribution >= 4 is 23.5 Å². The molecule has 0 saturated heterocycles. The van der Waals surface area contributed by atoms with E-state index >= 15 is 0 Å². The first-order valence-electron chi connectivity index (χ1n) is 11.7. The van der Waals surface area contributed by atoms with Crippen LogP contribution in [0.3, 0.4) is 0 Å². The Balaban J connectivity index is 1.67. The molecule has 0 unspecified atom stereocenters. The third kappa shape index (κ3) is 3.35. The summed E-state index contributed by atoms with van der Waals surface area (Å²) in [5.74, 6) is -0.699. The summed E-state index contributed by atoms with van der Waals surface area (Å²) in [4.78, 5) is 48.3. The first kappa shape index (κ1) is 23.1. The van der Waals surface area contributed by atoms with Crippen molar-refractivity contribution in [2.75, 3.05) is 6.61 Å². The molecule has 0 heterocycles. The Morgan fingerprint density at radius 3 is 2.41 bits per heavy atom. The molecule has 0 aliphatic heterocycles. The number of aliphatic hydroxyl groups is 1. The van der Waals surface area contributed by atoms with Gasteiger partial charge in [0.15, 0.2) is 12.4 Å². The highest BCUT2D eigenvalue weighted by atomic mass is 16.5. The Bertz CT molecular complexity index is 891. The molecule has 32 heavy (non-hydrogen) atoms. The van der Waals surface area contributed by atoms with Gasteiger partial charge in [0.1, 0.15) is 11.7 Å². The molecule has 0 aromatic heterocycles. The number of hydrogen-bond donors (Lipinski definition) is 1. The van der Waals surface area contributed by atoms with Crippen molar-refractivity contribution in [3.05, 3.63) is 11.6 Å². The lowest BCUT2D eigenvalue weighted by atomic mass is 9.45. The second-order valence-electron chi connectivity index (χ2n) is 10.8. The van der Waals surface area contributed by atoms with E-state index in [1.54, 1.807) is 6.08 Å². The van der Waals surface area contributed by atoms with Gasteiger partial charge in [-0.15, -0.1) is 0 Å². The van der Waals surface area contributed by atoms with E-state index in [0.717, 1.165) is 18.4 Å². The molecule has 0 aromatic carbocycles. The van der Waals surface area contributed by atoms with Crippen LogP contribution in [-0.2, 0) is 28.7 Å². The Labute approximate surface area is 188 Å². The summed E-state index contributed by atoms with van der Waals surface area (Å²) in [5.41, 5.74) is -1.46. The van der Waals surface area contributed by atoms with Crippen LogP contribution in [0, 0.1) is 28.6 Å². The number of rotatable bonds is 4. The molecule has 7 heteroatoms. The molecule has 4 aliphatic rings. The first-order valence-corrected chi connectivity index (χ1v) is 11.7. The summed E-state index contributed by atoms with van der Waals surface area (Å²) in [5, 5.41) is 11.6. The van der Waals surface area contributed by atoms with Gasteiger partial charge >= 0.3 is 11.9 Å². The summed E-state index contributed by atoms with van der Waals surface area (Å²) in [6.45, 7) is 6.41. The molecular weight excluding hydrogens is 412 g/mol. The van der Waals surface area contributed by atoms with E-state index in [4.69, 9.17) is 9.47 Å². The maximum atomic E-state index is 13.0. The molecule has 176 valence electrons. The van der Waals surface area contributed by atoms with Crippen molar-refractivity contribution in [1.29, 1.82) is 0 Å². The SMILES string of the molecule is CC(=O)OCC(=O)[C@]1(O)CC[C@@H]2[C@H]3C[C@@H](OC(C)=O)C4=CC(=O)CC[C@]4(C)[C@@H]3CC[C@]21C. The molecule has 0 spiro atoms. The molecule has 0 bridgehead atoms. The molecule has 4 rings (SSSR count). The van der Waals surface area contributed by atoms with Crippen LogP contribution in [0.15, 0.2) is 11.6 Å². The molecule has 1 N–H and O–H groups in total. The number of carbonyl (C=O) groups is 4. The lowest BCUT2D eigenvalue weighted by Crippen LogP contribution is -2.59. The molecule has 7 nitrogen and oxygen atoms in total. The number of hydrogen-bond acceptors (Lipinski definition) is 7. The van der Waals surface area contributed by atoms with Gasteiger partial charge < -0.3 is 14.6 Å². The highest BCUT2D eigenvalue weighted by Crippen LogP contribution is 2.67. The van der Waals surface area contributed by atoms with E-state index in [9.17, 15) is 24.3 Å². The fourth-order valence-electron chi connectivity index (χ4n) is 7.65. The second kappa shape index (κ2) is 7.79. The maximum absolute atomic E-state index is 13.0. The quantitative estimate of drug-likeness (QED) is 0.662.